The van der Waals surface area contributed by atoms with E-state index < -0.39 is 0 Å². The molecule has 1 unspecified atom stereocenters. The number of benzene rings is 1. The summed E-state index contributed by atoms with van der Waals surface area (Å²) in [6, 6.07) is 6.77. The van der Waals surface area contributed by atoms with Gasteiger partial charge in [-0.05, 0) is 37.6 Å². The molecule has 0 aromatic heterocycles. The summed E-state index contributed by atoms with van der Waals surface area (Å²) in [5, 5.41) is 4.13. The van der Waals surface area contributed by atoms with Gasteiger partial charge in [0.1, 0.15) is 0 Å². The zero-order valence-electron chi connectivity index (χ0n) is 13.1. The van der Waals surface area contributed by atoms with Crippen molar-refractivity contribution in [2.45, 2.75) is 39.8 Å². The molecule has 1 aromatic carbocycles. The topological polar surface area (TPSA) is 24.5 Å². The molecule has 0 spiro atoms. The Bertz CT molecular complexity index is 398. The number of hydrogen-bond acceptors (Lipinski definition) is 3. The highest BCUT2D eigenvalue weighted by atomic mass is 35.5. The maximum Gasteiger partial charge on any atom is 0.0642 e. The standard InChI is InChI=1S/C16H27ClN2O/c1-5-13(3)19(9-10-20-4)16-8-7-14(11-15(16)17)12-18-6-2/h7-8,11,13,18H,5-6,9-10,12H2,1-4H3. The first-order valence-electron chi connectivity index (χ1n) is 7.38. The molecule has 0 bridgehead atoms. The predicted molar refractivity (Wildman–Crippen MR) is 87.8 cm³/mol. The van der Waals surface area contributed by atoms with Crippen molar-refractivity contribution in [2.75, 3.05) is 31.7 Å². The molecule has 0 saturated carbocycles. The number of nitrogens with one attached hydrogen (secondary N) is 1. The lowest BCUT2D eigenvalue weighted by Gasteiger charge is -2.31. The van der Waals surface area contributed by atoms with Gasteiger partial charge in [-0.15, -0.1) is 0 Å². The Morgan fingerprint density at radius 3 is 2.65 bits per heavy atom. The molecule has 1 aromatic rings. The second-order valence-corrected chi connectivity index (χ2v) is 5.42. The van der Waals surface area contributed by atoms with Gasteiger partial charge in [-0.25, -0.2) is 0 Å². The molecule has 0 aliphatic rings. The van der Waals surface area contributed by atoms with Crippen LogP contribution in [0.25, 0.3) is 0 Å². The fourth-order valence-corrected chi connectivity index (χ4v) is 2.46. The molecule has 1 atom stereocenters. The van der Waals surface area contributed by atoms with Gasteiger partial charge in [0.15, 0.2) is 0 Å². The minimum atomic E-state index is 0.447. The molecule has 1 N–H and O–H groups in total. The summed E-state index contributed by atoms with van der Waals surface area (Å²) in [5.41, 5.74) is 2.31. The molecular weight excluding hydrogens is 272 g/mol. The third-order valence-electron chi connectivity index (χ3n) is 3.56. The first kappa shape index (κ1) is 17.3. The van der Waals surface area contributed by atoms with E-state index in [1.54, 1.807) is 7.11 Å². The molecular formula is C16H27ClN2O. The zero-order chi connectivity index (χ0) is 15.0. The Kier molecular flexibility index (Phi) is 7.97. The molecule has 0 amide bonds. The van der Waals surface area contributed by atoms with E-state index in [-0.39, 0.29) is 0 Å². The van der Waals surface area contributed by atoms with Crippen LogP contribution in [-0.2, 0) is 11.3 Å². The van der Waals surface area contributed by atoms with Gasteiger partial charge in [0.05, 0.1) is 17.3 Å². The number of nitrogens with zero attached hydrogens (tertiary/aromatic N) is 1. The van der Waals surface area contributed by atoms with E-state index in [0.717, 1.165) is 36.8 Å². The van der Waals surface area contributed by atoms with Crippen molar-refractivity contribution in [3.05, 3.63) is 28.8 Å². The van der Waals surface area contributed by atoms with Crippen molar-refractivity contribution in [1.29, 1.82) is 0 Å². The second-order valence-electron chi connectivity index (χ2n) is 5.01. The van der Waals surface area contributed by atoms with Crippen LogP contribution in [-0.4, -0.2) is 32.8 Å². The number of halogens is 1. The summed E-state index contributed by atoms with van der Waals surface area (Å²) >= 11 is 6.47. The summed E-state index contributed by atoms with van der Waals surface area (Å²) in [4.78, 5) is 2.32. The molecule has 114 valence electrons. The molecule has 0 saturated heterocycles. The number of ether oxygens (including phenoxy) is 1. The minimum Gasteiger partial charge on any atom is -0.383 e. The Morgan fingerprint density at radius 2 is 2.10 bits per heavy atom. The van der Waals surface area contributed by atoms with E-state index in [2.05, 4.69) is 49.2 Å². The lowest BCUT2D eigenvalue weighted by atomic mass is 10.1. The maximum absolute atomic E-state index is 6.47. The van der Waals surface area contributed by atoms with Crippen LogP contribution < -0.4 is 10.2 Å². The van der Waals surface area contributed by atoms with Crippen molar-refractivity contribution in [3.63, 3.8) is 0 Å². The highest BCUT2D eigenvalue weighted by Gasteiger charge is 2.15. The summed E-state index contributed by atoms with van der Waals surface area (Å²) in [6.45, 7) is 9.91. The third-order valence-corrected chi connectivity index (χ3v) is 3.86. The van der Waals surface area contributed by atoms with Crippen LogP contribution >= 0.6 is 11.6 Å². The maximum atomic E-state index is 6.47. The van der Waals surface area contributed by atoms with Gasteiger partial charge >= 0.3 is 0 Å². The van der Waals surface area contributed by atoms with Gasteiger partial charge < -0.3 is 15.0 Å². The summed E-state index contributed by atoms with van der Waals surface area (Å²) in [5.74, 6) is 0. The van der Waals surface area contributed by atoms with E-state index in [9.17, 15) is 0 Å². The van der Waals surface area contributed by atoms with Crippen molar-refractivity contribution in [1.82, 2.24) is 5.32 Å². The van der Waals surface area contributed by atoms with Crippen LogP contribution in [0.15, 0.2) is 18.2 Å². The molecule has 0 fully saturated rings. The second kappa shape index (κ2) is 9.22. The lowest BCUT2D eigenvalue weighted by Crippen LogP contribution is -2.35. The normalized spacial score (nSPS) is 12.4. The minimum absolute atomic E-state index is 0.447. The largest absolute Gasteiger partial charge is 0.383 e. The quantitative estimate of drug-likeness (QED) is 0.752. The number of hydrogen-bond donors (Lipinski definition) is 1. The summed E-state index contributed by atoms with van der Waals surface area (Å²) in [7, 11) is 1.73. The molecule has 0 heterocycles. The Balaban J connectivity index is 2.89. The van der Waals surface area contributed by atoms with Gasteiger partial charge in [-0.2, -0.15) is 0 Å². The zero-order valence-corrected chi connectivity index (χ0v) is 13.8. The Morgan fingerprint density at radius 1 is 1.35 bits per heavy atom. The van der Waals surface area contributed by atoms with Crippen molar-refractivity contribution >= 4 is 17.3 Å². The van der Waals surface area contributed by atoms with Gasteiger partial charge in [0, 0.05) is 26.2 Å². The highest BCUT2D eigenvalue weighted by molar-refractivity contribution is 6.33. The fourth-order valence-electron chi connectivity index (χ4n) is 2.15. The van der Waals surface area contributed by atoms with E-state index in [1.807, 2.05) is 0 Å². The first-order valence-corrected chi connectivity index (χ1v) is 7.76. The summed E-state index contributed by atoms with van der Waals surface area (Å²) in [6.07, 6.45) is 1.08. The molecule has 0 aliphatic carbocycles. The van der Waals surface area contributed by atoms with Gasteiger partial charge in [-0.1, -0.05) is 31.5 Å². The smallest absolute Gasteiger partial charge is 0.0642 e. The Labute approximate surface area is 128 Å². The van der Waals surface area contributed by atoms with Crippen molar-refractivity contribution in [2.24, 2.45) is 0 Å². The van der Waals surface area contributed by atoms with Crippen LogP contribution in [0.5, 0.6) is 0 Å². The van der Waals surface area contributed by atoms with Crippen molar-refractivity contribution < 1.29 is 4.74 Å². The van der Waals surface area contributed by atoms with Gasteiger partial charge in [0.2, 0.25) is 0 Å². The number of rotatable bonds is 9. The van der Waals surface area contributed by atoms with Gasteiger partial charge in [0.25, 0.3) is 0 Å². The molecule has 4 heteroatoms. The van der Waals surface area contributed by atoms with E-state index in [0.29, 0.717) is 12.6 Å². The number of methoxy groups -OCH3 is 1. The lowest BCUT2D eigenvalue weighted by molar-refractivity contribution is 0.203. The fraction of sp³-hybridized carbons (Fsp3) is 0.625. The molecule has 0 radical (unpaired) electrons. The van der Waals surface area contributed by atoms with E-state index in [4.69, 9.17) is 16.3 Å². The monoisotopic (exact) mass is 298 g/mol. The van der Waals surface area contributed by atoms with E-state index >= 15 is 0 Å². The summed E-state index contributed by atoms with van der Waals surface area (Å²) < 4.78 is 5.21. The van der Waals surface area contributed by atoms with Crippen LogP contribution in [0.1, 0.15) is 32.8 Å². The molecule has 20 heavy (non-hydrogen) atoms. The Hall–Kier alpha value is -0.770. The molecule has 0 aliphatic heterocycles. The van der Waals surface area contributed by atoms with E-state index in [1.165, 1.54) is 5.56 Å². The first-order chi connectivity index (χ1) is 9.63. The van der Waals surface area contributed by atoms with Gasteiger partial charge in [-0.3, -0.25) is 0 Å². The van der Waals surface area contributed by atoms with Crippen molar-refractivity contribution in [3.8, 4) is 0 Å². The molecule has 1 rings (SSSR count). The average molecular weight is 299 g/mol. The number of anilines is 1. The van der Waals surface area contributed by atoms with Crippen LogP contribution in [0.4, 0.5) is 5.69 Å². The predicted octanol–water partition coefficient (Wildman–Crippen LogP) is 3.70. The van der Waals surface area contributed by atoms with Crippen LogP contribution in [0, 0.1) is 0 Å². The SMILES string of the molecule is CCNCc1ccc(N(CCOC)C(C)CC)c(Cl)c1. The van der Waals surface area contributed by atoms with Crippen LogP contribution in [0.2, 0.25) is 5.02 Å². The third kappa shape index (κ3) is 4.97. The highest BCUT2D eigenvalue weighted by Crippen LogP contribution is 2.29. The average Bonchev–Trinajstić information content (AvgIpc) is 2.46. The van der Waals surface area contributed by atoms with Crippen LogP contribution in [0.3, 0.4) is 0 Å². The molecule has 3 nitrogen and oxygen atoms in total.